The molecular weight excluding hydrogens is 280 g/mol. The summed E-state index contributed by atoms with van der Waals surface area (Å²) in [4.78, 5) is 0.130. The van der Waals surface area contributed by atoms with Crippen LogP contribution in [0.15, 0.2) is 23.1 Å². The van der Waals surface area contributed by atoms with E-state index in [0.717, 1.165) is 6.42 Å². The Hall–Kier alpha value is -1.31. The molecule has 114 valence electrons. The molecule has 0 amide bonds. The summed E-state index contributed by atoms with van der Waals surface area (Å²) in [6.07, 6.45) is 1.59. The van der Waals surface area contributed by atoms with E-state index in [0.29, 0.717) is 37.6 Å². The molecule has 0 fully saturated rings. The van der Waals surface area contributed by atoms with Gasteiger partial charge in [0.1, 0.15) is 5.75 Å². The number of benzene rings is 1. The molecule has 1 aromatic rings. The minimum atomic E-state index is -3.54. The zero-order chi connectivity index (χ0) is 15.0. The SMILES string of the molecule is CCCOCCCNS(=O)(=O)c1ccc(OC)c(N)c1. The summed E-state index contributed by atoms with van der Waals surface area (Å²) < 4.78 is 36.8. The van der Waals surface area contributed by atoms with Crippen LogP contribution in [0.25, 0.3) is 0 Å². The van der Waals surface area contributed by atoms with Crippen molar-refractivity contribution in [3.63, 3.8) is 0 Å². The van der Waals surface area contributed by atoms with Crippen LogP contribution in [-0.4, -0.2) is 35.3 Å². The van der Waals surface area contributed by atoms with Crippen LogP contribution in [0.2, 0.25) is 0 Å². The Morgan fingerprint density at radius 3 is 2.65 bits per heavy atom. The average molecular weight is 302 g/mol. The molecule has 0 spiro atoms. The Kier molecular flexibility index (Phi) is 6.77. The maximum Gasteiger partial charge on any atom is 0.240 e. The van der Waals surface area contributed by atoms with E-state index in [2.05, 4.69) is 4.72 Å². The lowest BCUT2D eigenvalue weighted by Crippen LogP contribution is -2.25. The van der Waals surface area contributed by atoms with Crippen LogP contribution >= 0.6 is 0 Å². The predicted molar refractivity (Wildman–Crippen MR) is 78.3 cm³/mol. The Balaban J connectivity index is 2.54. The highest BCUT2D eigenvalue weighted by Gasteiger charge is 2.14. The lowest BCUT2D eigenvalue weighted by molar-refractivity contribution is 0.133. The first kappa shape index (κ1) is 16.7. The third-order valence-electron chi connectivity index (χ3n) is 2.62. The third-order valence-corrected chi connectivity index (χ3v) is 4.08. The molecule has 1 rings (SSSR count). The standard InChI is InChI=1S/C13H22N2O4S/c1-3-8-19-9-4-7-15-20(16,17)11-5-6-13(18-2)12(14)10-11/h5-6,10,15H,3-4,7-9,14H2,1-2H3. The molecule has 0 heterocycles. The number of anilines is 1. The minimum absolute atomic E-state index is 0.130. The molecular formula is C13H22N2O4S. The fourth-order valence-electron chi connectivity index (χ4n) is 1.59. The molecule has 0 unspecified atom stereocenters. The Morgan fingerprint density at radius 2 is 2.05 bits per heavy atom. The maximum absolute atomic E-state index is 12.0. The molecule has 0 aliphatic carbocycles. The van der Waals surface area contributed by atoms with Gasteiger partial charge in [0.2, 0.25) is 10.0 Å². The lowest BCUT2D eigenvalue weighted by atomic mass is 10.3. The number of hydrogen-bond donors (Lipinski definition) is 2. The summed E-state index contributed by atoms with van der Waals surface area (Å²) in [5.74, 6) is 0.455. The van der Waals surface area contributed by atoms with Crippen LogP contribution in [0, 0.1) is 0 Å². The summed E-state index contributed by atoms with van der Waals surface area (Å²) in [5.41, 5.74) is 5.99. The Morgan fingerprint density at radius 1 is 1.30 bits per heavy atom. The van der Waals surface area contributed by atoms with E-state index in [4.69, 9.17) is 15.2 Å². The topological polar surface area (TPSA) is 90.6 Å². The monoisotopic (exact) mass is 302 g/mol. The molecule has 0 bridgehead atoms. The highest BCUT2D eigenvalue weighted by molar-refractivity contribution is 7.89. The Bertz CT molecular complexity index is 517. The van der Waals surface area contributed by atoms with Crippen LogP contribution in [0.3, 0.4) is 0 Å². The molecule has 1 aromatic carbocycles. The van der Waals surface area contributed by atoms with Crippen LogP contribution in [0.4, 0.5) is 5.69 Å². The van der Waals surface area contributed by atoms with Gasteiger partial charge < -0.3 is 15.2 Å². The van der Waals surface area contributed by atoms with Gasteiger partial charge in [-0.25, -0.2) is 13.1 Å². The van der Waals surface area contributed by atoms with E-state index in [-0.39, 0.29) is 4.90 Å². The second-order valence-corrected chi connectivity index (χ2v) is 6.03. The molecule has 6 nitrogen and oxygen atoms in total. The second kappa shape index (κ2) is 8.08. The average Bonchev–Trinajstić information content (AvgIpc) is 2.42. The van der Waals surface area contributed by atoms with Crippen LogP contribution in [0.5, 0.6) is 5.75 Å². The van der Waals surface area contributed by atoms with Gasteiger partial charge in [-0.3, -0.25) is 0 Å². The van der Waals surface area contributed by atoms with Gasteiger partial charge in [-0.1, -0.05) is 6.92 Å². The quantitative estimate of drug-likeness (QED) is 0.531. The number of rotatable bonds is 9. The van der Waals surface area contributed by atoms with Crippen molar-refractivity contribution in [3.05, 3.63) is 18.2 Å². The highest BCUT2D eigenvalue weighted by atomic mass is 32.2. The number of nitrogen functional groups attached to an aromatic ring is 1. The summed E-state index contributed by atoms with van der Waals surface area (Å²) in [6, 6.07) is 4.38. The number of sulfonamides is 1. The first-order valence-corrected chi connectivity index (χ1v) is 8.00. The smallest absolute Gasteiger partial charge is 0.240 e. The van der Waals surface area contributed by atoms with Crippen molar-refractivity contribution in [2.75, 3.05) is 32.6 Å². The van der Waals surface area contributed by atoms with Crippen molar-refractivity contribution in [2.24, 2.45) is 0 Å². The van der Waals surface area contributed by atoms with Gasteiger partial charge in [-0.15, -0.1) is 0 Å². The van der Waals surface area contributed by atoms with Crippen molar-refractivity contribution in [1.29, 1.82) is 0 Å². The van der Waals surface area contributed by atoms with E-state index in [1.807, 2.05) is 6.92 Å². The van der Waals surface area contributed by atoms with Crippen LogP contribution in [-0.2, 0) is 14.8 Å². The van der Waals surface area contributed by atoms with Crippen LogP contribution in [0.1, 0.15) is 19.8 Å². The molecule has 0 aromatic heterocycles. The molecule has 0 atom stereocenters. The molecule has 0 aliphatic rings. The zero-order valence-electron chi connectivity index (χ0n) is 11.9. The van der Waals surface area contributed by atoms with E-state index < -0.39 is 10.0 Å². The number of nitrogens with two attached hydrogens (primary N) is 1. The molecule has 0 aliphatic heterocycles. The summed E-state index contributed by atoms with van der Waals surface area (Å²) in [7, 11) is -2.06. The van der Waals surface area contributed by atoms with Crippen molar-refractivity contribution >= 4 is 15.7 Å². The second-order valence-electron chi connectivity index (χ2n) is 4.27. The predicted octanol–water partition coefficient (Wildman–Crippen LogP) is 1.37. The fourth-order valence-corrected chi connectivity index (χ4v) is 2.70. The lowest BCUT2D eigenvalue weighted by Gasteiger charge is -2.09. The van der Waals surface area contributed by atoms with Crippen molar-refractivity contribution in [3.8, 4) is 5.75 Å². The van der Waals surface area contributed by atoms with Gasteiger partial charge >= 0.3 is 0 Å². The number of methoxy groups -OCH3 is 1. The number of hydrogen-bond acceptors (Lipinski definition) is 5. The fraction of sp³-hybridized carbons (Fsp3) is 0.538. The molecule has 0 radical (unpaired) electrons. The largest absolute Gasteiger partial charge is 0.495 e. The number of nitrogens with one attached hydrogen (secondary N) is 1. The first-order valence-electron chi connectivity index (χ1n) is 6.52. The van der Waals surface area contributed by atoms with Crippen molar-refractivity contribution in [1.82, 2.24) is 4.72 Å². The van der Waals surface area contributed by atoms with E-state index >= 15 is 0 Å². The Labute approximate surface area is 120 Å². The van der Waals surface area contributed by atoms with Crippen molar-refractivity contribution < 1.29 is 17.9 Å². The highest BCUT2D eigenvalue weighted by Crippen LogP contribution is 2.24. The minimum Gasteiger partial charge on any atom is -0.495 e. The van der Waals surface area contributed by atoms with Gasteiger partial charge in [0.05, 0.1) is 17.7 Å². The third kappa shape index (κ3) is 4.99. The molecule has 0 saturated heterocycles. The number of ether oxygens (including phenoxy) is 2. The van der Waals surface area contributed by atoms with Gasteiger partial charge in [0.25, 0.3) is 0 Å². The van der Waals surface area contributed by atoms with Gasteiger partial charge in [0, 0.05) is 19.8 Å². The summed E-state index contributed by atoms with van der Waals surface area (Å²) in [5, 5.41) is 0. The normalized spacial score (nSPS) is 11.5. The van der Waals surface area contributed by atoms with E-state index in [9.17, 15) is 8.42 Å². The van der Waals surface area contributed by atoms with Crippen molar-refractivity contribution in [2.45, 2.75) is 24.7 Å². The van der Waals surface area contributed by atoms with Gasteiger partial charge in [-0.05, 0) is 31.0 Å². The first-order chi connectivity index (χ1) is 9.51. The molecule has 7 heteroatoms. The van der Waals surface area contributed by atoms with Gasteiger partial charge in [0.15, 0.2) is 0 Å². The van der Waals surface area contributed by atoms with E-state index in [1.165, 1.54) is 25.3 Å². The summed E-state index contributed by atoms with van der Waals surface area (Å²) in [6.45, 7) is 3.59. The van der Waals surface area contributed by atoms with Crippen LogP contribution < -0.4 is 15.2 Å². The summed E-state index contributed by atoms with van der Waals surface area (Å²) >= 11 is 0. The van der Waals surface area contributed by atoms with E-state index in [1.54, 1.807) is 0 Å². The molecule has 0 saturated carbocycles. The zero-order valence-corrected chi connectivity index (χ0v) is 12.7. The maximum atomic E-state index is 12.0. The molecule has 3 N–H and O–H groups in total. The molecule has 20 heavy (non-hydrogen) atoms. The van der Waals surface area contributed by atoms with Gasteiger partial charge in [-0.2, -0.15) is 0 Å².